The van der Waals surface area contributed by atoms with E-state index in [0.29, 0.717) is 0 Å². The first kappa shape index (κ1) is 14.7. The van der Waals surface area contributed by atoms with Crippen LogP contribution in [0.2, 0.25) is 0 Å². The number of hydrogen-bond donors (Lipinski definition) is 1. The summed E-state index contributed by atoms with van der Waals surface area (Å²) in [5.41, 5.74) is 0.792. The first-order valence-corrected chi connectivity index (χ1v) is 5.66. The van der Waals surface area contributed by atoms with E-state index >= 15 is 0 Å². The molecule has 102 valence electrons. The van der Waals surface area contributed by atoms with Crippen molar-refractivity contribution in [2.45, 2.75) is 26.0 Å². The average Bonchev–Trinajstić information content (AvgIpc) is 2.36. The largest absolute Gasteiger partial charge is 0.548 e. The summed E-state index contributed by atoms with van der Waals surface area (Å²) >= 11 is 0. The number of carboxylic acids is 1. The van der Waals surface area contributed by atoms with E-state index in [9.17, 15) is 19.5 Å². The molecule has 0 saturated carbocycles. The summed E-state index contributed by atoms with van der Waals surface area (Å²) in [4.78, 5) is 32.9. The number of nitrogens with one attached hydrogen (secondary N) is 1. The number of carbonyl (C=O) groups is 3. The van der Waals surface area contributed by atoms with E-state index in [0.717, 1.165) is 12.5 Å². The topological polar surface area (TPSA) is 95.5 Å². The van der Waals surface area contributed by atoms with Gasteiger partial charge in [-0.15, -0.1) is 0 Å². The minimum absolute atomic E-state index is 0.0551. The van der Waals surface area contributed by atoms with E-state index in [4.69, 9.17) is 4.74 Å². The predicted molar refractivity (Wildman–Crippen MR) is 63.5 cm³/mol. The highest BCUT2D eigenvalue weighted by molar-refractivity contribution is 5.85. The van der Waals surface area contributed by atoms with Crippen molar-refractivity contribution in [3.63, 3.8) is 0 Å². The van der Waals surface area contributed by atoms with Crippen LogP contribution in [-0.4, -0.2) is 23.9 Å². The molecule has 1 aromatic carbocycles. The van der Waals surface area contributed by atoms with Gasteiger partial charge in [0.1, 0.15) is 6.61 Å². The molecule has 0 aliphatic carbocycles. The number of aliphatic carboxylic acids is 1. The Morgan fingerprint density at radius 3 is 2.42 bits per heavy atom. The van der Waals surface area contributed by atoms with E-state index in [-0.39, 0.29) is 6.61 Å². The molecule has 6 nitrogen and oxygen atoms in total. The Morgan fingerprint density at radius 2 is 1.89 bits per heavy atom. The van der Waals surface area contributed by atoms with Crippen LogP contribution >= 0.6 is 0 Å². The zero-order valence-electron chi connectivity index (χ0n) is 10.4. The lowest BCUT2D eigenvalue weighted by molar-refractivity contribution is -0.308. The monoisotopic (exact) mass is 264 g/mol. The van der Waals surface area contributed by atoms with Gasteiger partial charge in [-0.25, -0.2) is 0 Å². The molecule has 0 aliphatic heterocycles. The maximum Gasteiger partial charge on any atom is 0.308 e. The number of carbonyl (C=O) groups excluding carboxylic acids is 3. The number of ether oxygens (including phenoxy) is 1. The van der Waals surface area contributed by atoms with Gasteiger partial charge in [0, 0.05) is 6.92 Å². The smallest absolute Gasteiger partial charge is 0.308 e. The highest BCUT2D eigenvalue weighted by Crippen LogP contribution is 2.03. The SMILES string of the molecule is CC(=O)NC(CC(=O)OCc1ccccc1)C(=O)[O-]. The summed E-state index contributed by atoms with van der Waals surface area (Å²) in [5.74, 6) is -2.79. The summed E-state index contributed by atoms with van der Waals surface area (Å²) in [6.45, 7) is 1.21. The zero-order valence-corrected chi connectivity index (χ0v) is 10.4. The Bertz CT molecular complexity index is 457. The minimum atomic E-state index is -1.52. The van der Waals surface area contributed by atoms with Crippen LogP contribution in [0.1, 0.15) is 18.9 Å². The minimum Gasteiger partial charge on any atom is -0.548 e. The Kier molecular flexibility index (Phi) is 5.53. The maximum absolute atomic E-state index is 11.4. The maximum atomic E-state index is 11.4. The van der Waals surface area contributed by atoms with E-state index in [1.54, 1.807) is 24.3 Å². The number of benzene rings is 1. The van der Waals surface area contributed by atoms with Crippen LogP contribution in [0.5, 0.6) is 0 Å². The summed E-state index contributed by atoms with van der Waals surface area (Å²) in [7, 11) is 0. The number of esters is 1. The number of hydrogen-bond acceptors (Lipinski definition) is 5. The Hall–Kier alpha value is -2.37. The molecule has 0 saturated heterocycles. The molecule has 0 heterocycles. The van der Waals surface area contributed by atoms with Gasteiger partial charge in [0.05, 0.1) is 18.4 Å². The van der Waals surface area contributed by atoms with E-state index in [2.05, 4.69) is 5.32 Å². The molecule has 19 heavy (non-hydrogen) atoms. The molecular formula is C13H14NO5-. The van der Waals surface area contributed by atoms with Gasteiger partial charge < -0.3 is 20.0 Å². The molecule has 6 heteroatoms. The van der Waals surface area contributed by atoms with Crippen LogP contribution < -0.4 is 10.4 Å². The summed E-state index contributed by atoms with van der Waals surface area (Å²) < 4.78 is 4.91. The van der Waals surface area contributed by atoms with Crippen LogP contribution in [0.3, 0.4) is 0 Å². The van der Waals surface area contributed by atoms with Gasteiger partial charge in [-0.2, -0.15) is 0 Å². The molecule has 1 amide bonds. The van der Waals surface area contributed by atoms with Crippen LogP contribution in [0.15, 0.2) is 30.3 Å². The highest BCUT2D eigenvalue weighted by atomic mass is 16.5. The molecule has 1 rings (SSSR count). The van der Waals surface area contributed by atoms with Gasteiger partial charge >= 0.3 is 5.97 Å². The molecule has 1 N–H and O–H groups in total. The van der Waals surface area contributed by atoms with Crippen molar-refractivity contribution in [1.82, 2.24) is 5.32 Å². The Morgan fingerprint density at radius 1 is 1.26 bits per heavy atom. The van der Waals surface area contributed by atoms with Crippen molar-refractivity contribution in [3.8, 4) is 0 Å². The van der Waals surface area contributed by atoms with Gasteiger partial charge in [0.2, 0.25) is 5.91 Å². The van der Waals surface area contributed by atoms with Crippen molar-refractivity contribution >= 4 is 17.8 Å². The summed E-state index contributed by atoms with van der Waals surface area (Å²) in [6, 6.07) is 7.60. The van der Waals surface area contributed by atoms with Crippen LogP contribution in [-0.2, 0) is 25.7 Å². The summed E-state index contributed by atoms with van der Waals surface area (Å²) in [6.07, 6.45) is -0.464. The fourth-order valence-electron chi connectivity index (χ4n) is 1.40. The summed E-state index contributed by atoms with van der Waals surface area (Å²) in [5, 5.41) is 12.8. The lowest BCUT2D eigenvalue weighted by atomic mass is 10.2. The van der Waals surface area contributed by atoms with Crippen LogP contribution in [0.4, 0.5) is 0 Å². The van der Waals surface area contributed by atoms with Crippen molar-refractivity contribution in [2.75, 3.05) is 0 Å². The molecule has 0 bridgehead atoms. The standard InChI is InChI=1S/C13H15NO5/c1-9(15)14-11(13(17)18)7-12(16)19-8-10-5-3-2-4-6-10/h2-6,11H,7-8H2,1H3,(H,14,15)(H,17,18)/p-1. The Labute approximate surface area is 110 Å². The number of rotatable bonds is 6. The molecular weight excluding hydrogens is 250 g/mol. The van der Waals surface area contributed by atoms with E-state index in [1.807, 2.05) is 6.07 Å². The normalized spacial score (nSPS) is 11.4. The zero-order chi connectivity index (χ0) is 14.3. The second kappa shape index (κ2) is 7.15. The third-order valence-electron chi connectivity index (χ3n) is 2.28. The first-order chi connectivity index (χ1) is 8.99. The van der Waals surface area contributed by atoms with Gasteiger partial charge in [0.15, 0.2) is 0 Å². The average molecular weight is 264 g/mol. The molecule has 0 fully saturated rings. The lowest BCUT2D eigenvalue weighted by Crippen LogP contribution is -2.48. The van der Waals surface area contributed by atoms with Crippen molar-refractivity contribution in [3.05, 3.63) is 35.9 Å². The second-order valence-electron chi connectivity index (χ2n) is 3.92. The lowest BCUT2D eigenvalue weighted by Gasteiger charge is -2.17. The van der Waals surface area contributed by atoms with Gasteiger partial charge in [-0.3, -0.25) is 9.59 Å². The van der Waals surface area contributed by atoms with E-state index in [1.165, 1.54) is 0 Å². The third-order valence-corrected chi connectivity index (χ3v) is 2.28. The number of carboxylic acid groups (broad SMARTS) is 1. The molecule has 1 aromatic rings. The van der Waals surface area contributed by atoms with Crippen molar-refractivity contribution in [1.29, 1.82) is 0 Å². The quantitative estimate of drug-likeness (QED) is 0.690. The molecule has 0 aliphatic rings. The molecule has 0 spiro atoms. The predicted octanol–water partition coefficient (Wildman–Crippen LogP) is -0.626. The molecule has 0 aromatic heterocycles. The molecule has 1 unspecified atom stereocenters. The highest BCUT2D eigenvalue weighted by Gasteiger charge is 2.17. The number of amides is 1. The third kappa shape index (κ3) is 5.67. The van der Waals surface area contributed by atoms with E-state index < -0.39 is 30.3 Å². The van der Waals surface area contributed by atoms with Gasteiger partial charge in [0.25, 0.3) is 0 Å². The van der Waals surface area contributed by atoms with Gasteiger partial charge in [-0.05, 0) is 5.56 Å². The second-order valence-corrected chi connectivity index (χ2v) is 3.92. The van der Waals surface area contributed by atoms with Crippen LogP contribution in [0.25, 0.3) is 0 Å². The van der Waals surface area contributed by atoms with Crippen molar-refractivity contribution < 1.29 is 24.2 Å². The molecule has 1 atom stereocenters. The van der Waals surface area contributed by atoms with Crippen molar-refractivity contribution in [2.24, 2.45) is 0 Å². The Balaban J connectivity index is 2.45. The van der Waals surface area contributed by atoms with Crippen LogP contribution in [0, 0.1) is 0 Å². The molecule has 0 radical (unpaired) electrons. The fourth-order valence-corrected chi connectivity index (χ4v) is 1.40. The first-order valence-electron chi connectivity index (χ1n) is 5.66. The fraction of sp³-hybridized carbons (Fsp3) is 0.308. The van der Waals surface area contributed by atoms with Gasteiger partial charge in [-0.1, -0.05) is 30.3 Å².